The molecule has 18 heavy (non-hydrogen) atoms. The first-order valence-electron chi connectivity index (χ1n) is 6.20. The molecule has 2 heterocycles. The van der Waals surface area contributed by atoms with Gasteiger partial charge in [-0.25, -0.2) is 0 Å². The number of nitrogens with one attached hydrogen (secondary N) is 1. The van der Waals surface area contributed by atoms with Crippen molar-refractivity contribution in [3.63, 3.8) is 0 Å². The predicted octanol–water partition coefficient (Wildman–Crippen LogP) is 1.77. The lowest BCUT2D eigenvalue weighted by molar-refractivity contribution is 0.172. The quantitative estimate of drug-likeness (QED) is 0.893. The van der Waals surface area contributed by atoms with E-state index in [0.29, 0.717) is 13.2 Å². The molecule has 1 aromatic heterocycles. The minimum Gasteiger partial charge on any atom is -0.486 e. The fraction of sp³-hybridized carbons (Fsp3) is 0.357. The molecular formula is C14H16N2O2. The average Bonchev–Trinajstić information content (AvgIpc) is 2.43. The van der Waals surface area contributed by atoms with Crippen LogP contribution in [0.1, 0.15) is 5.69 Å². The number of aromatic nitrogens is 1. The number of nitrogens with zero attached hydrogens (tertiary/aromatic N) is 1. The summed E-state index contributed by atoms with van der Waals surface area (Å²) in [5.41, 5.74) is 1.10. The molecule has 4 nitrogen and oxygen atoms in total. The van der Waals surface area contributed by atoms with E-state index in [9.17, 15) is 0 Å². The second kappa shape index (κ2) is 4.82. The van der Waals surface area contributed by atoms with Gasteiger partial charge >= 0.3 is 0 Å². The first-order chi connectivity index (χ1) is 8.88. The predicted molar refractivity (Wildman–Crippen MR) is 70.4 cm³/mol. The summed E-state index contributed by atoms with van der Waals surface area (Å²) >= 11 is 0. The number of ether oxygens (including phenoxy) is 2. The normalized spacial score (nSPS) is 13.8. The fourth-order valence-corrected chi connectivity index (χ4v) is 2.21. The molecule has 0 aliphatic carbocycles. The Labute approximate surface area is 106 Å². The molecule has 0 radical (unpaired) electrons. The van der Waals surface area contributed by atoms with Crippen LogP contribution in [0.3, 0.4) is 0 Å². The maximum atomic E-state index is 5.62. The molecule has 4 heteroatoms. The summed E-state index contributed by atoms with van der Waals surface area (Å²) in [7, 11) is 1.95. The highest BCUT2D eigenvalue weighted by atomic mass is 16.6. The Morgan fingerprint density at radius 3 is 2.78 bits per heavy atom. The smallest absolute Gasteiger partial charge is 0.162 e. The summed E-state index contributed by atoms with van der Waals surface area (Å²) in [5, 5.41) is 5.45. The van der Waals surface area contributed by atoms with E-state index in [1.165, 1.54) is 0 Å². The van der Waals surface area contributed by atoms with E-state index in [4.69, 9.17) is 9.47 Å². The molecule has 3 rings (SSSR count). The number of likely N-dealkylation sites (N-methyl/N-ethyl adjacent to an activating group) is 1. The molecule has 0 saturated heterocycles. The monoisotopic (exact) mass is 244 g/mol. The number of fused-ring (bicyclic) bond motifs is 2. The van der Waals surface area contributed by atoms with Gasteiger partial charge in [0.25, 0.3) is 0 Å². The molecule has 0 unspecified atom stereocenters. The molecule has 0 atom stereocenters. The molecule has 1 aliphatic heterocycles. The van der Waals surface area contributed by atoms with Gasteiger partial charge in [0.05, 0.1) is 0 Å². The second-order valence-electron chi connectivity index (χ2n) is 4.33. The molecule has 0 fully saturated rings. The van der Waals surface area contributed by atoms with Gasteiger partial charge in [-0.3, -0.25) is 4.98 Å². The van der Waals surface area contributed by atoms with Crippen molar-refractivity contribution in [1.82, 2.24) is 10.3 Å². The van der Waals surface area contributed by atoms with Gasteiger partial charge in [-0.15, -0.1) is 0 Å². The summed E-state index contributed by atoms with van der Waals surface area (Å²) in [6, 6.07) is 6.09. The maximum absolute atomic E-state index is 5.62. The zero-order valence-corrected chi connectivity index (χ0v) is 10.4. The first kappa shape index (κ1) is 11.3. The molecule has 0 saturated carbocycles. The second-order valence-corrected chi connectivity index (χ2v) is 4.33. The van der Waals surface area contributed by atoms with Crippen molar-refractivity contribution < 1.29 is 9.47 Å². The molecule has 0 spiro atoms. The molecule has 1 aliphatic rings. The highest BCUT2D eigenvalue weighted by Gasteiger charge is 2.14. The van der Waals surface area contributed by atoms with Crippen LogP contribution in [0.25, 0.3) is 10.8 Å². The number of hydrogen-bond donors (Lipinski definition) is 1. The van der Waals surface area contributed by atoms with Crippen LogP contribution < -0.4 is 14.8 Å². The lowest BCUT2D eigenvalue weighted by atomic mass is 10.1. The minimum atomic E-state index is 0.616. The molecule has 2 aromatic rings. The Hall–Kier alpha value is -1.81. The maximum Gasteiger partial charge on any atom is 0.162 e. The third kappa shape index (κ3) is 1.99. The lowest BCUT2D eigenvalue weighted by Gasteiger charge is -2.19. The molecule has 94 valence electrons. The summed E-state index contributed by atoms with van der Waals surface area (Å²) in [6.07, 6.45) is 2.76. The van der Waals surface area contributed by atoms with Crippen molar-refractivity contribution in [2.75, 3.05) is 26.8 Å². The number of pyridine rings is 1. The van der Waals surface area contributed by atoms with Gasteiger partial charge in [-0.1, -0.05) is 0 Å². The van der Waals surface area contributed by atoms with Crippen molar-refractivity contribution in [2.24, 2.45) is 0 Å². The van der Waals surface area contributed by atoms with Crippen molar-refractivity contribution in [3.8, 4) is 11.5 Å². The van der Waals surface area contributed by atoms with Gasteiger partial charge in [0.15, 0.2) is 11.5 Å². The molecular weight excluding hydrogens is 228 g/mol. The van der Waals surface area contributed by atoms with Crippen LogP contribution in [0.2, 0.25) is 0 Å². The Morgan fingerprint density at radius 2 is 2.00 bits per heavy atom. The van der Waals surface area contributed by atoms with Gasteiger partial charge < -0.3 is 14.8 Å². The van der Waals surface area contributed by atoms with Crippen LogP contribution in [0, 0.1) is 0 Å². The fourth-order valence-electron chi connectivity index (χ4n) is 2.21. The van der Waals surface area contributed by atoms with Crippen molar-refractivity contribution in [1.29, 1.82) is 0 Å². The van der Waals surface area contributed by atoms with Gasteiger partial charge in [0.1, 0.15) is 13.2 Å². The highest BCUT2D eigenvalue weighted by molar-refractivity contribution is 5.88. The van der Waals surface area contributed by atoms with Gasteiger partial charge in [0, 0.05) is 30.2 Å². The highest BCUT2D eigenvalue weighted by Crippen LogP contribution is 2.35. The summed E-state index contributed by atoms with van der Waals surface area (Å²) in [6.45, 7) is 2.15. The standard InChI is InChI=1S/C14H16N2O2/c1-15-4-3-12-11-9-14-13(17-6-7-18-14)8-10(11)2-5-16-12/h2,5,8-9,15H,3-4,6-7H2,1H3. The number of hydrogen-bond acceptors (Lipinski definition) is 4. The van der Waals surface area contributed by atoms with Gasteiger partial charge in [-0.2, -0.15) is 0 Å². The van der Waals surface area contributed by atoms with E-state index >= 15 is 0 Å². The van der Waals surface area contributed by atoms with Crippen LogP contribution in [-0.4, -0.2) is 31.8 Å². The Morgan fingerprint density at radius 1 is 1.22 bits per heavy atom. The van der Waals surface area contributed by atoms with E-state index in [1.54, 1.807) is 0 Å². The Balaban J connectivity index is 2.09. The number of rotatable bonds is 3. The topological polar surface area (TPSA) is 43.4 Å². The van der Waals surface area contributed by atoms with E-state index in [-0.39, 0.29) is 0 Å². The van der Waals surface area contributed by atoms with E-state index in [0.717, 1.165) is 40.9 Å². The Bertz CT molecular complexity index is 569. The van der Waals surface area contributed by atoms with Crippen molar-refractivity contribution >= 4 is 10.8 Å². The Kier molecular flexibility index (Phi) is 3.02. The van der Waals surface area contributed by atoms with Crippen molar-refractivity contribution in [3.05, 3.63) is 30.1 Å². The summed E-state index contributed by atoms with van der Waals surface area (Å²) in [4.78, 5) is 4.46. The first-order valence-corrected chi connectivity index (χ1v) is 6.20. The summed E-state index contributed by atoms with van der Waals surface area (Å²) in [5.74, 6) is 1.66. The van der Waals surface area contributed by atoms with Crippen molar-refractivity contribution in [2.45, 2.75) is 6.42 Å². The molecule has 0 amide bonds. The molecule has 0 bridgehead atoms. The third-order valence-electron chi connectivity index (χ3n) is 3.12. The average molecular weight is 244 g/mol. The molecule has 1 aromatic carbocycles. The summed E-state index contributed by atoms with van der Waals surface area (Å²) < 4.78 is 11.2. The lowest BCUT2D eigenvalue weighted by Crippen LogP contribution is -2.15. The van der Waals surface area contributed by atoms with Crippen LogP contribution >= 0.6 is 0 Å². The SMILES string of the molecule is CNCCc1nccc2cc3c(cc12)OCCO3. The third-order valence-corrected chi connectivity index (χ3v) is 3.12. The zero-order valence-electron chi connectivity index (χ0n) is 10.4. The van der Waals surface area contributed by atoms with Crippen LogP contribution in [0.15, 0.2) is 24.4 Å². The number of benzene rings is 1. The zero-order chi connectivity index (χ0) is 12.4. The molecule has 1 N–H and O–H groups in total. The van der Waals surface area contributed by atoms with Crippen LogP contribution in [0.4, 0.5) is 0 Å². The van der Waals surface area contributed by atoms with Gasteiger partial charge in [0.2, 0.25) is 0 Å². The van der Waals surface area contributed by atoms with Crippen LogP contribution in [-0.2, 0) is 6.42 Å². The van der Waals surface area contributed by atoms with E-state index in [1.807, 2.05) is 31.4 Å². The van der Waals surface area contributed by atoms with E-state index < -0.39 is 0 Å². The van der Waals surface area contributed by atoms with Gasteiger partial charge in [-0.05, 0) is 30.6 Å². The van der Waals surface area contributed by atoms with E-state index in [2.05, 4.69) is 10.3 Å². The minimum absolute atomic E-state index is 0.616. The van der Waals surface area contributed by atoms with Crippen LogP contribution in [0.5, 0.6) is 11.5 Å². The largest absolute Gasteiger partial charge is 0.486 e.